The van der Waals surface area contributed by atoms with Gasteiger partial charge in [-0.1, -0.05) is 18.2 Å². The van der Waals surface area contributed by atoms with Crippen molar-refractivity contribution >= 4 is 22.6 Å². The van der Waals surface area contributed by atoms with Crippen LogP contribution in [0.15, 0.2) is 69.9 Å². The first-order valence-electron chi connectivity index (χ1n) is 9.60. The molecule has 2 heterocycles. The van der Waals surface area contributed by atoms with E-state index in [1.165, 1.54) is 6.07 Å². The van der Waals surface area contributed by atoms with Crippen LogP contribution in [0.3, 0.4) is 0 Å². The number of nitrogens with one attached hydrogen (secondary N) is 1. The van der Waals surface area contributed by atoms with Crippen LogP contribution in [0, 0.1) is 6.92 Å². The second-order valence-electron chi connectivity index (χ2n) is 7.39. The summed E-state index contributed by atoms with van der Waals surface area (Å²) < 4.78 is 6.97. The minimum atomic E-state index is -0.408. The summed E-state index contributed by atoms with van der Waals surface area (Å²) in [6.07, 6.45) is 2.21. The molecule has 2 aromatic carbocycles. The van der Waals surface area contributed by atoms with Gasteiger partial charge < -0.3 is 9.73 Å². The zero-order valence-electron chi connectivity index (χ0n) is 15.9. The zero-order valence-corrected chi connectivity index (χ0v) is 15.9. The zero-order chi connectivity index (χ0) is 20.0. The van der Waals surface area contributed by atoms with E-state index in [9.17, 15) is 9.59 Å². The van der Waals surface area contributed by atoms with Gasteiger partial charge in [-0.05, 0) is 55.7 Å². The number of anilines is 1. The van der Waals surface area contributed by atoms with E-state index in [1.807, 2.05) is 49.4 Å². The molecule has 1 aliphatic rings. The third-order valence-corrected chi connectivity index (χ3v) is 5.17. The third kappa shape index (κ3) is 3.33. The molecule has 5 rings (SSSR count). The highest BCUT2D eigenvalue weighted by Crippen LogP contribution is 2.39. The van der Waals surface area contributed by atoms with Gasteiger partial charge in [0.2, 0.25) is 0 Å². The molecule has 4 aromatic rings. The number of hydrogen-bond donors (Lipinski definition) is 1. The molecule has 2 aromatic heterocycles. The van der Waals surface area contributed by atoms with Crippen LogP contribution in [0.1, 0.15) is 40.5 Å². The quantitative estimate of drug-likeness (QED) is 0.528. The molecule has 6 heteroatoms. The molecule has 1 N–H and O–H groups in total. The summed E-state index contributed by atoms with van der Waals surface area (Å²) in [5, 5.41) is 8.43. The molecule has 6 nitrogen and oxygen atoms in total. The lowest BCUT2D eigenvalue weighted by Crippen LogP contribution is -2.17. The molecule has 0 unspecified atom stereocenters. The number of benzene rings is 2. The Bertz CT molecular complexity index is 1280. The minimum absolute atomic E-state index is 0.261. The highest BCUT2D eigenvalue weighted by atomic mass is 16.4. The summed E-state index contributed by atoms with van der Waals surface area (Å²) in [6.45, 7) is 1.86. The highest BCUT2D eigenvalue weighted by Gasteiger charge is 2.29. The molecule has 0 radical (unpaired) electrons. The largest absolute Gasteiger partial charge is 0.423 e. The smallest absolute Gasteiger partial charge is 0.336 e. The number of para-hydroxylation sites is 1. The monoisotopic (exact) mass is 385 g/mol. The van der Waals surface area contributed by atoms with Gasteiger partial charge >= 0.3 is 5.63 Å². The Morgan fingerprint density at radius 2 is 1.90 bits per heavy atom. The van der Waals surface area contributed by atoms with Gasteiger partial charge in [-0.15, -0.1) is 0 Å². The standard InChI is InChI=1S/C23H19N3O3/c1-14-11-22(27)29-21-12-16(9-10-18(14)21)24-23(28)20-13-19(15-7-8-15)25-26(20)17-5-3-2-4-6-17/h2-6,9-13,15H,7-8H2,1H3,(H,24,28). The number of aromatic nitrogens is 2. The molecule has 1 saturated carbocycles. The van der Waals surface area contributed by atoms with Crippen molar-refractivity contribution in [3.63, 3.8) is 0 Å². The molecule has 29 heavy (non-hydrogen) atoms. The van der Waals surface area contributed by atoms with Crippen LogP contribution in [0.25, 0.3) is 16.7 Å². The number of rotatable bonds is 4. The molecule has 0 saturated heterocycles. The number of carbonyl (C=O) groups excluding carboxylic acids is 1. The molecular formula is C23H19N3O3. The molecule has 0 bridgehead atoms. The first-order valence-corrected chi connectivity index (χ1v) is 9.60. The fraction of sp³-hybridized carbons (Fsp3) is 0.174. The Hall–Kier alpha value is -3.67. The Morgan fingerprint density at radius 1 is 1.10 bits per heavy atom. The summed E-state index contributed by atoms with van der Waals surface area (Å²) in [6, 6.07) is 18.3. The molecular weight excluding hydrogens is 366 g/mol. The van der Waals surface area contributed by atoms with Gasteiger partial charge in [0.05, 0.1) is 11.4 Å². The fourth-order valence-electron chi connectivity index (χ4n) is 3.50. The van der Waals surface area contributed by atoms with E-state index in [-0.39, 0.29) is 5.91 Å². The van der Waals surface area contributed by atoms with Crippen LogP contribution in [-0.4, -0.2) is 15.7 Å². The van der Waals surface area contributed by atoms with Crippen LogP contribution in [0.4, 0.5) is 5.69 Å². The summed E-state index contributed by atoms with van der Waals surface area (Å²) in [7, 11) is 0. The number of nitrogens with zero attached hydrogens (tertiary/aromatic N) is 2. The van der Waals surface area contributed by atoms with Crippen LogP contribution in [0.2, 0.25) is 0 Å². The lowest BCUT2D eigenvalue weighted by molar-refractivity contribution is 0.101. The van der Waals surface area contributed by atoms with Crippen molar-refractivity contribution in [3.05, 3.63) is 88.0 Å². The lowest BCUT2D eigenvalue weighted by atomic mass is 10.1. The normalized spacial score (nSPS) is 13.6. The Kier molecular flexibility index (Phi) is 4.05. The molecule has 0 spiro atoms. The average Bonchev–Trinajstić information content (AvgIpc) is 3.46. The SMILES string of the molecule is Cc1cc(=O)oc2cc(NC(=O)c3cc(C4CC4)nn3-c3ccccc3)ccc12. The van der Waals surface area contributed by atoms with Crippen molar-refractivity contribution in [2.24, 2.45) is 0 Å². The molecule has 1 aliphatic carbocycles. The molecule has 1 amide bonds. The summed E-state index contributed by atoms with van der Waals surface area (Å²) in [5.74, 6) is 0.173. The van der Waals surface area contributed by atoms with Crippen LogP contribution in [-0.2, 0) is 0 Å². The van der Waals surface area contributed by atoms with E-state index in [2.05, 4.69) is 10.4 Å². The van der Waals surface area contributed by atoms with Gasteiger partial charge in [-0.25, -0.2) is 9.48 Å². The van der Waals surface area contributed by atoms with Crippen molar-refractivity contribution in [1.29, 1.82) is 0 Å². The van der Waals surface area contributed by atoms with Crippen LogP contribution >= 0.6 is 0 Å². The summed E-state index contributed by atoms with van der Waals surface area (Å²) >= 11 is 0. The number of carbonyl (C=O) groups is 1. The average molecular weight is 385 g/mol. The van der Waals surface area contributed by atoms with Crippen molar-refractivity contribution in [3.8, 4) is 5.69 Å². The van der Waals surface area contributed by atoms with E-state index in [4.69, 9.17) is 4.42 Å². The Morgan fingerprint density at radius 3 is 2.66 bits per heavy atom. The molecule has 0 aliphatic heterocycles. The third-order valence-electron chi connectivity index (χ3n) is 5.17. The van der Waals surface area contributed by atoms with Gasteiger partial charge in [0.15, 0.2) is 0 Å². The Balaban J connectivity index is 1.51. The summed E-state index contributed by atoms with van der Waals surface area (Å²) in [5.41, 5.74) is 3.70. The highest BCUT2D eigenvalue weighted by molar-refractivity contribution is 6.04. The lowest BCUT2D eigenvalue weighted by Gasteiger charge is -2.09. The number of amides is 1. The van der Waals surface area contributed by atoms with Gasteiger partial charge in [-0.3, -0.25) is 4.79 Å². The maximum atomic E-state index is 13.1. The minimum Gasteiger partial charge on any atom is -0.423 e. The van der Waals surface area contributed by atoms with Crippen molar-refractivity contribution in [2.45, 2.75) is 25.7 Å². The van der Waals surface area contributed by atoms with Crippen LogP contribution in [0.5, 0.6) is 0 Å². The van der Waals surface area contributed by atoms with E-state index in [0.717, 1.165) is 35.2 Å². The van der Waals surface area contributed by atoms with Gasteiger partial charge in [0.1, 0.15) is 11.3 Å². The molecule has 144 valence electrons. The van der Waals surface area contributed by atoms with E-state index < -0.39 is 5.63 Å². The maximum Gasteiger partial charge on any atom is 0.336 e. The fourth-order valence-corrected chi connectivity index (χ4v) is 3.50. The van der Waals surface area contributed by atoms with Crippen molar-refractivity contribution < 1.29 is 9.21 Å². The van der Waals surface area contributed by atoms with E-state index in [1.54, 1.807) is 16.8 Å². The van der Waals surface area contributed by atoms with E-state index in [0.29, 0.717) is 22.9 Å². The summed E-state index contributed by atoms with van der Waals surface area (Å²) in [4.78, 5) is 24.7. The second kappa shape index (κ2) is 6.74. The van der Waals surface area contributed by atoms with Gasteiger partial charge in [-0.2, -0.15) is 5.10 Å². The number of hydrogen-bond acceptors (Lipinski definition) is 4. The first-order chi connectivity index (χ1) is 14.1. The predicted molar refractivity (Wildman–Crippen MR) is 111 cm³/mol. The molecule has 0 atom stereocenters. The van der Waals surface area contributed by atoms with E-state index >= 15 is 0 Å². The molecule has 1 fully saturated rings. The maximum absolute atomic E-state index is 13.1. The van der Waals surface area contributed by atoms with Gasteiger partial charge in [0, 0.05) is 29.1 Å². The topological polar surface area (TPSA) is 77.1 Å². The van der Waals surface area contributed by atoms with Crippen molar-refractivity contribution in [1.82, 2.24) is 9.78 Å². The van der Waals surface area contributed by atoms with Gasteiger partial charge in [0.25, 0.3) is 5.91 Å². The second-order valence-corrected chi connectivity index (χ2v) is 7.39. The number of fused-ring (bicyclic) bond motifs is 1. The number of aryl methyl sites for hydroxylation is 1. The van der Waals surface area contributed by atoms with Crippen molar-refractivity contribution in [2.75, 3.05) is 5.32 Å². The van der Waals surface area contributed by atoms with Crippen LogP contribution < -0.4 is 10.9 Å². The Labute approximate surface area is 166 Å². The first kappa shape index (κ1) is 17.4. The predicted octanol–water partition coefficient (Wildman–Crippen LogP) is 4.42.